The minimum atomic E-state index is -0.996. The van der Waals surface area contributed by atoms with Gasteiger partial charge in [0.2, 0.25) is 0 Å². The van der Waals surface area contributed by atoms with Gasteiger partial charge in [-0.2, -0.15) is 0 Å². The third kappa shape index (κ3) is 3.92. The van der Waals surface area contributed by atoms with Crippen molar-refractivity contribution in [3.05, 3.63) is 28.0 Å². The van der Waals surface area contributed by atoms with E-state index >= 15 is 0 Å². The summed E-state index contributed by atoms with van der Waals surface area (Å²) in [7, 11) is 1.68. The topological polar surface area (TPSA) is 66.8 Å². The Bertz CT molecular complexity index is 552. The summed E-state index contributed by atoms with van der Waals surface area (Å²) < 4.78 is 5.42. The maximum Gasteiger partial charge on any atom is 0.328 e. The number of methoxy groups -OCH3 is 1. The van der Waals surface area contributed by atoms with Crippen molar-refractivity contribution in [1.29, 1.82) is 0 Å². The predicted molar refractivity (Wildman–Crippen MR) is 81.5 cm³/mol. The number of carboxylic acids is 1. The molecule has 1 aliphatic heterocycles. The van der Waals surface area contributed by atoms with Gasteiger partial charge < -0.3 is 14.7 Å². The van der Waals surface area contributed by atoms with E-state index in [4.69, 9.17) is 9.84 Å². The number of likely N-dealkylation sites (tertiary alicyclic amines) is 1. The van der Waals surface area contributed by atoms with Crippen molar-refractivity contribution >= 4 is 29.3 Å². The summed E-state index contributed by atoms with van der Waals surface area (Å²) in [4.78, 5) is 25.5. The first-order chi connectivity index (χ1) is 10.0. The molecule has 1 N–H and O–H groups in total. The van der Waals surface area contributed by atoms with Crippen LogP contribution in [0.2, 0.25) is 0 Å². The molecule has 0 bridgehead atoms. The number of hydrogen-bond acceptors (Lipinski definition) is 4. The number of carbonyl (C=O) groups is 2. The number of rotatable bonds is 4. The van der Waals surface area contributed by atoms with E-state index in [9.17, 15) is 9.59 Å². The maximum absolute atomic E-state index is 12.5. The average Bonchev–Trinajstić information content (AvgIpc) is 2.93. The van der Waals surface area contributed by atoms with Gasteiger partial charge in [-0.3, -0.25) is 4.79 Å². The quantitative estimate of drug-likeness (QED) is 0.867. The molecule has 0 spiro atoms. The molecule has 5 nitrogen and oxygen atoms in total. The van der Waals surface area contributed by atoms with Crippen molar-refractivity contribution in [3.63, 3.8) is 0 Å². The first-order valence-corrected chi connectivity index (χ1v) is 7.71. The molecule has 1 amide bonds. The zero-order valence-electron chi connectivity index (χ0n) is 12.1. The Labute approximate surface area is 127 Å². The number of hydrogen-bond donors (Lipinski definition) is 1. The lowest BCUT2D eigenvalue weighted by atomic mass is 9.95. The van der Waals surface area contributed by atoms with Crippen molar-refractivity contribution in [2.45, 2.75) is 19.4 Å². The molecule has 2 rings (SSSR count). The van der Waals surface area contributed by atoms with Crippen LogP contribution in [0.5, 0.6) is 0 Å². The highest BCUT2D eigenvalue weighted by atomic mass is 32.1. The smallest absolute Gasteiger partial charge is 0.328 e. The molecule has 2 unspecified atom stereocenters. The molecular weight excluding hydrogens is 290 g/mol. The van der Waals surface area contributed by atoms with Gasteiger partial charge in [0.25, 0.3) is 5.91 Å². The van der Waals surface area contributed by atoms with Crippen molar-refractivity contribution < 1.29 is 19.4 Å². The van der Waals surface area contributed by atoms with Crippen molar-refractivity contribution in [3.8, 4) is 0 Å². The van der Waals surface area contributed by atoms with Crippen LogP contribution in [0, 0.1) is 5.92 Å². The first kappa shape index (κ1) is 15.7. The molecule has 0 aromatic carbocycles. The van der Waals surface area contributed by atoms with Gasteiger partial charge in [0, 0.05) is 36.5 Å². The minimum Gasteiger partial charge on any atom is -0.478 e. The van der Waals surface area contributed by atoms with Crippen LogP contribution in [0.3, 0.4) is 0 Å². The molecular formula is C15H19NO4S. The summed E-state index contributed by atoms with van der Waals surface area (Å²) >= 11 is 1.36. The second kappa shape index (κ2) is 6.87. The van der Waals surface area contributed by atoms with E-state index in [1.807, 2.05) is 0 Å². The summed E-state index contributed by atoms with van der Waals surface area (Å²) in [6, 6.07) is 1.73. The normalized spacial score (nSPS) is 22.7. The lowest BCUT2D eigenvalue weighted by molar-refractivity contribution is -0.131. The second-order valence-electron chi connectivity index (χ2n) is 5.20. The molecule has 1 fully saturated rings. The van der Waals surface area contributed by atoms with E-state index in [-0.39, 0.29) is 12.0 Å². The largest absolute Gasteiger partial charge is 0.478 e. The fourth-order valence-corrected chi connectivity index (χ4v) is 3.19. The average molecular weight is 309 g/mol. The Hall–Kier alpha value is -1.66. The number of amides is 1. The molecule has 21 heavy (non-hydrogen) atoms. The highest BCUT2D eigenvalue weighted by Gasteiger charge is 2.29. The maximum atomic E-state index is 12.5. The Balaban J connectivity index is 2.05. The van der Waals surface area contributed by atoms with Gasteiger partial charge in [0.15, 0.2) is 0 Å². The van der Waals surface area contributed by atoms with E-state index in [0.29, 0.717) is 18.0 Å². The molecule has 0 saturated carbocycles. The first-order valence-electron chi connectivity index (χ1n) is 6.83. The van der Waals surface area contributed by atoms with E-state index in [1.165, 1.54) is 17.4 Å². The highest BCUT2D eigenvalue weighted by Crippen LogP contribution is 2.23. The lowest BCUT2D eigenvalue weighted by Gasteiger charge is -2.36. The summed E-state index contributed by atoms with van der Waals surface area (Å²) in [6.07, 6.45) is 3.58. The van der Waals surface area contributed by atoms with Gasteiger partial charge in [0.05, 0.1) is 11.7 Å². The van der Waals surface area contributed by atoms with Gasteiger partial charge in [-0.15, -0.1) is 11.3 Å². The van der Waals surface area contributed by atoms with Crippen LogP contribution in [-0.2, 0) is 9.53 Å². The standard InChI is InChI=1S/C15H19NO4S/c1-10-5-6-16(8-13(10)20-2)15(19)11-7-12(21-9-11)3-4-14(17)18/h3-4,7,9-10,13H,5-6,8H2,1-2H3,(H,17,18)/b4-3+. The molecule has 0 radical (unpaired) electrons. The predicted octanol–water partition coefficient (Wildman–Crippen LogP) is 2.34. The molecule has 1 aromatic rings. The number of aliphatic carboxylic acids is 1. The number of carbonyl (C=O) groups excluding carboxylic acids is 1. The lowest BCUT2D eigenvalue weighted by Crippen LogP contribution is -2.46. The van der Waals surface area contributed by atoms with Gasteiger partial charge in [0.1, 0.15) is 0 Å². The molecule has 2 atom stereocenters. The minimum absolute atomic E-state index is 0.0184. The Morgan fingerprint density at radius 2 is 2.29 bits per heavy atom. The molecule has 114 valence electrons. The Morgan fingerprint density at radius 1 is 1.52 bits per heavy atom. The molecule has 2 heterocycles. The van der Waals surface area contributed by atoms with Crippen LogP contribution in [0.15, 0.2) is 17.5 Å². The number of thiophene rings is 1. The van der Waals surface area contributed by atoms with Crippen LogP contribution in [-0.4, -0.2) is 48.2 Å². The Morgan fingerprint density at radius 3 is 2.95 bits per heavy atom. The number of nitrogens with zero attached hydrogens (tertiary/aromatic N) is 1. The zero-order valence-corrected chi connectivity index (χ0v) is 12.9. The van der Waals surface area contributed by atoms with Crippen molar-refractivity contribution in [1.82, 2.24) is 4.90 Å². The van der Waals surface area contributed by atoms with Crippen molar-refractivity contribution in [2.75, 3.05) is 20.2 Å². The van der Waals surface area contributed by atoms with Crippen LogP contribution in [0.4, 0.5) is 0 Å². The molecule has 1 aromatic heterocycles. The number of carboxylic acid groups (broad SMARTS) is 1. The van der Waals surface area contributed by atoms with Crippen LogP contribution in [0.25, 0.3) is 6.08 Å². The van der Waals surface area contributed by atoms with Crippen LogP contribution >= 0.6 is 11.3 Å². The SMILES string of the molecule is COC1CN(C(=O)c2csc(/C=C/C(=O)O)c2)CCC1C. The fraction of sp³-hybridized carbons (Fsp3) is 0.467. The van der Waals surface area contributed by atoms with Gasteiger partial charge >= 0.3 is 5.97 Å². The summed E-state index contributed by atoms with van der Waals surface area (Å²) in [5, 5.41) is 10.4. The van der Waals surface area contributed by atoms with E-state index < -0.39 is 5.97 Å². The third-order valence-electron chi connectivity index (χ3n) is 3.74. The molecule has 6 heteroatoms. The highest BCUT2D eigenvalue weighted by molar-refractivity contribution is 7.11. The van der Waals surface area contributed by atoms with Crippen molar-refractivity contribution in [2.24, 2.45) is 5.92 Å². The van der Waals surface area contributed by atoms with E-state index in [0.717, 1.165) is 23.9 Å². The summed E-state index contributed by atoms with van der Waals surface area (Å²) in [5.41, 5.74) is 0.606. The summed E-state index contributed by atoms with van der Waals surface area (Å²) in [6.45, 7) is 3.47. The number of ether oxygens (including phenoxy) is 1. The van der Waals surface area contributed by atoms with E-state index in [2.05, 4.69) is 6.92 Å². The monoisotopic (exact) mass is 309 g/mol. The summed E-state index contributed by atoms with van der Waals surface area (Å²) in [5.74, 6) is -0.560. The van der Waals surface area contributed by atoms with Gasteiger partial charge in [-0.1, -0.05) is 6.92 Å². The van der Waals surface area contributed by atoms with Gasteiger partial charge in [-0.05, 0) is 24.5 Å². The van der Waals surface area contributed by atoms with Crippen LogP contribution in [0.1, 0.15) is 28.6 Å². The third-order valence-corrected chi connectivity index (χ3v) is 4.63. The molecule has 1 saturated heterocycles. The fourth-order valence-electron chi connectivity index (χ4n) is 2.41. The molecule has 0 aliphatic carbocycles. The second-order valence-corrected chi connectivity index (χ2v) is 6.14. The van der Waals surface area contributed by atoms with Gasteiger partial charge in [-0.25, -0.2) is 4.79 Å². The molecule has 1 aliphatic rings. The van der Waals surface area contributed by atoms with E-state index in [1.54, 1.807) is 23.5 Å². The van der Waals surface area contributed by atoms with Crippen LogP contribution < -0.4 is 0 Å². The number of piperidine rings is 1. The zero-order chi connectivity index (χ0) is 15.4. The Kier molecular flexibility index (Phi) is 5.14.